The minimum absolute atomic E-state index is 0.469. The molecule has 0 aromatic rings. The van der Waals surface area contributed by atoms with E-state index in [2.05, 4.69) is 20.8 Å². The van der Waals surface area contributed by atoms with Crippen molar-refractivity contribution in [2.45, 2.75) is 53.1 Å². The fourth-order valence-corrected chi connectivity index (χ4v) is 3.16. The van der Waals surface area contributed by atoms with Gasteiger partial charge in [-0.15, -0.1) is 0 Å². The highest BCUT2D eigenvalue weighted by atomic mass is 28.2. The Morgan fingerprint density at radius 3 is 2.69 bits per heavy atom. The van der Waals surface area contributed by atoms with E-state index < -0.39 is 0 Å². The molecule has 16 heavy (non-hydrogen) atoms. The molecule has 1 fully saturated rings. The normalized spacial score (nSPS) is 30.9. The summed E-state index contributed by atoms with van der Waals surface area (Å²) in [6, 6.07) is 0. The molecule has 1 rings (SSSR count). The fraction of sp³-hybridized carbons (Fsp3) is 1.00. The van der Waals surface area contributed by atoms with Gasteiger partial charge in [-0.3, -0.25) is 0 Å². The first-order chi connectivity index (χ1) is 7.65. The highest BCUT2D eigenvalue weighted by Crippen LogP contribution is 2.35. The van der Waals surface area contributed by atoms with Gasteiger partial charge < -0.3 is 9.16 Å². The van der Waals surface area contributed by atoms with Gasteiger partial charge in [0.25, 0.3) is 9.76 Å². The van der Waals surface area contributed by atoms with Crippen molar-refractivity contribution in [1.82, 2.24) is 0 Å². The molecular formula is C13H26O2Si. The maximum Gasteiger partial charge on any atom is 0.258 e. The Balaban J connectivity index is 2.33. The molecule has 1 saturated carbocycles. The van der Waals surface area contributed by atoms with Gasteiger partial charge in [0.05, 0.1) is 12.3 Å². The van der Waals surface area contributed by atoms with Crippen LogP contribution in [0.2, 0.25) is 0 Å². The van der Waals surface area contributed by atoms with Crippen LogP contribution in [0, 0.1) is 17.8 Å². The fourth-order valence-electron chi connectivity index (χ4n) is 2.59. The van der Waals surface area contributed by atoms with Crippen molar-refractivity contribution in [3.8, 4) is 0 Å². The van der Waals surface area contributed by atoms with Gasteiger partial charge in [0.2, 0.25) is 0 Å². The van der Waals surface area contributed by atoms with Gasteiger partial charge in [0, 0.05) is 6.61 Å². The third kappa shape index (κ3) is 4.56. The summed E-state index contributed by atoms with van der Waals surface area (Å²) in [6.07, 6.45) is 5.20. The number of rotatable bonds is 6. The summed E-state index contributed by atoms with van der Waals surface area (Å²) < 4.78 is 11.4. The van der Waals surface area contributed by atoms with Crippen molar-refractivity contribution in [1.29, 1.82) is 0 Å². The van der Waals surface area contributed by atoms with Crippen LogP contribution in [0.5, 0.6) is 0 Å². The van der Waals surface area contributed by atoms with E-state index in [1.165, 1.54) is 19.3 Å². The van der Waals surface area contributed by atoms with Crippen molar-refractivity contribution in [2.75, 3.05) is 12.8 Å². The van der Waals surface area contributed by atoms with Gasteiger partial charge in [-0.2, -0.15) is 0 Å². The third-order valence-electron chi connectivity index (χ3n) is 3.56. The first kappa shape index (κ1) is 14.2. The molecule has 0 spiro atoms. The molecule has 3 unspecified atom stereocenters. The van der Waals surface area contributed by atoms with E-state index in [1.54, 1.807) is 0 Å². The van der Waals surface area contributed by atoms with Crippen molar-refractivity contribution in [3.63, 3.8) is 0 Å². The second-order valence-corrected chi connectivity index (χ2v) is 6.12. The average Bonchev–Trinajstić information content (AvgIpc) is 2.24. The Bertz CT molecular complexity index is 185. The third-order valence-corrected chi connectivity index (χ3v) is 4.34. The summed E-state index contributed by atoms with van der Waals surface area (Å²) in [5.74, 6) is 2.32. The quantitative estimate of drug-likeness (QED) is 0.526. The Labute approximate surface area is 103 Å². The lowest BCUT2D eigenvalue weighted by molar-refractivity contribution is -0.0223. The van der Waals surface area contributed by atoms with Crippen LogP contribution >= 0.6 is 0 Å². The van der Waals surface area contributed by atoms with Crippen LogP contribution in [-0.4, -0.2) is 28.7 Å². The highest BCUT2D eigenvalue weighted by molar-refractivity contribution is 6.26. The smallest absolute Gasteiger partial charge is 0.258 e. The van der Waals surface area contributed by atoms with Gasteiger partial charge in [0.15, 0.2) is 0 Å². The largest absolute Gasteiger partial charge is 0.415 e. The predicted octanol–water partition coefficient (Wildman–Crippen LogP) is 3.08. The van der Waals surface area contributed by atoms with Gasteiger partial charge in [-0.1, -0.05) is 27.2 Å². The summed E-state index contributed by atoms with van der Waals surface area (Å²) in [5, 5.41) is 0. The van der Waals surface area contributed by atoms with E-state index in [9.17, 15) is 0 Å². The van der Waals surface area contributed by atoms with E-state index in [0.717, 1.165) is 30.6 Å². The monoisotopic (exact) mass is 242 g/mol. The Morgan fingerprint density at radius 2 is 2.06 bits per heavy atom. The Kier molecular flexibility index (Phi) is 6.62. The molecule has 1 aliphatic carbocycles. The topological polar surface area (TPSA) is 18.5 Å². The van der Waals surface area contributed by atoms with Crippen LogP contribution in [0.3, 0.4) is 0 Å². The first-order valence-electron chi connectivity index (χ1n) is 6.61. The zero-order chi connectivity index (χ0) is 12.0. The molecule has 0 aliphatic heterocycles. The molecule has 0 N–H and O–H groups in total. The van der Waals surface area contributed by atoms with Crippen LogP contribution < -0.4 is 0 Å². The molecule has 0 bridgehead atoms. The van der Waals surface area contributed by atoms with Crippen molar-refractivity contribution >= 4 is 9.76 Å². The lowest BCUT2D eigenvalue weighted by atomic mass is 9.75. The first-order valence-corrected chi connectivity index (χ1v) is 7.72. The Morgan fingerprint density at radius 1 is 1.31 bits per heavy atom. The maximum absolute atomic E-state index is 6.02. The molecule has 0 aromatic carbocycles. The molecule has 2 radical (unpaired) electrons. The van der Waals surface area contributed by atoms with Crippen LogP contribution in [0.4, 0.5) is 0 Å². The van der Waals surface area contributed by atoms with Crippen LogP contribution in [0.25, 0.3) is 0 Å². The Hall–Kier alpha value is 0.137. The SMILES string of the molecule is CCO[Si]COC1CC(C)CCC1C(C)C. The molecule has 2 nitrogen and oxygen atoms in total. The summed E-state index contributed by atoms with van der Waals surface area (Å²) in [4.78, 5) is 0. The maximum atomic E-state index is 6.02. The van der Waals surface area contributed by atoms with Gasteiger partial charge in [0.1, 0.15) is 0 Å². The van der Waals surface area contributed by atoms with Crippen molar-refractivity contribution in [3.05, 3.63) is 0 Å². The molecule has 0 aromatic heterocycles. The summed E-state index contributed by atoms with van der Waals surface area (Å²) in [7, 11) is 0.510. The zero-order valence-corrected chi connectivity index (χ0v) is 12.2. The lowest BCUT2D eigenvalue weighted by Crippen LogP contribution is -2.35. The van der Waals surface area contributed by atoms with E-state index in [1.807, 2.05) is 6.92 Å². The minimum Gasteiger partial charge on any atom is -0.415 e. The van der Waals surface area contributed by atoms with E-state index in [4.69, 9.17) is 9.16 Å². The molecule has 0 amide bonds. The van der Waals surface area contributed by atoms with Crippen molar-refractivity contribution in [2.24, 2.45) is 17.8 Å². The molecule has 1 aliphatic rings. The second kappa shape index (κ2) is 7.46. The number of hydrogen-bond acceptors (Lipinski definition) is 2. The van der Waals surface area contributed by atoms with Gasteiger partial charge in [-0.25, -0.2) is 0 Å². The van der Waals surface area contributed by atoms with Crippen LogP contribution in [0.1, 0.15) is 47.0 Å². The molecule has 0 heterocycles. The molecule has 3 heteroatoms. The van der Waals surface area contributed by atoms with E-state index in [-0.39, 0.29) is 0 Å². The molecule has 94 valence electrons. The molecule has 0 saturated heterocycles. The molecule has 3 atom stereocenters. The van der Waals surface area contributed by atoms with Crippen LogP contribution in [-0.2, 0) is 9.16 Å². The summed E-state index contributed by atoms with van der Waals surface area (Å²) in [5.41, 5.74) is 0. The van der Waals surface area contributed by atoms with Gasteiger partial charge >= 0.3 is 0 Å². The van der Waals surface area contributed by atoms with E-state index >= 15 is 0 Å². The van der Waals surface area contributed by atoms with Crippen molar-refractivity contribution < 1.29 is 9.16 Å². The number of ether oxygens (including phenoxy) is 1. The van der Waals surface area contributed by atoms with Crippen LogP contribution in [0.15, 0.2) is 0 Å². The highest BCUT2D eigenvalue weighted by Gasteiger charge is 2.31. The minimum atomic E-state index is 0.469. The van der Waals surface area contributed by atoms with Gasteiger partial charge in [-0.05, 0) is 37.5 Å². The zero-order valence-electron chi connectivity index (χ0n) is 11.2. The lowest BCUT2D eigenvalue weighted by Gasteiger charge is -2.37. The number of hydrogen-bond donors (Lipinski definition) is 0. The molecular weight excluding hydrogens is 216 g/mol. The second-order valence-electron chi connectivity index (χ2n) is 5.25. The summed E-state index contributed by atoms with van der Waals surface area (Å²) >= 11 is 0. The predicted molar refractivity (Wildman–Crippen MR) is 68.5 cm³/mol. The van der Waals surface area contributed by atoms with E-state index in [0.29, 0.717) is 15.9 Å². The standard InChI is InChI=1S/C13H26O2Si/c1-5-15-16-9-14-13-8-11(4)6-7-12(13)10(2)3/h10-13H,5-9H2,1-4H3. The average molecular weight is 242 g/mol. The summed E-state index contributed by atoms with van der Waals surface area (Å²) in [6.45, 7) is 9.82.